The number of carboxylic acids is 1. The third-order valence-corrected chi connectivity index (χ3v) is 6.54. The Balaban J connectivity index is 1.97. The maximum absolute atomic E-state index is 12.5. The van der Waals surface area contributed by atoms with Gasteiger partial charge >= 0.3 is 5.97 Å². The van der Waals surface area contributed by atoms with Crippen molar-refractivity contribution in [3.8, 4) is 0 Å². The molecule has 0 amide bonds. The largest absolute Gasteiger partial charge is 0.478 e. The minimum atomic E-state index is -4.67. The summed E-state index contributed by atoms with van der Waals surface area (Å²) in [6.07, 6.45) is 0. The SMILES string of the molecule is Cc1cccc(N=Nc2c(N)c(N=Nc3cccc(C)c3)c(C(=O)O)c(N=Nc3ccccc3S(=O)(=O)O)c2N)c1. The van der Waals surface area contributed by atoms with Crippen molar-refractivity contribution in [2.24, 2.45) is 30.7 Å². The van der Waals surface area contributed by atoms with Gasteiger partial charge in [0.05, 0.1) is 22.7 Å². The molecule has 6 N–H and O–H groups in total. The summed E-state index contributed by atoms with van der Waals surface area (Å²) in [5.74, 6) is -1.51. The van der Waals surface area contributed by atoms with Crippen molar-refractivity contribution in [1.29, 1.82) is 0 Å². The lowest BCUT2D eigenvalue weighted by molar-refractivity contribution is 0.0698. The summed E-state index contributed by atoms with van der Waals surface area (Å²) in [5.41, 5.74) is 13.1. The second-order valence-electron chi connectivity index (χ2n) is 8.77. The summed E-state index contributed by atoms with van der Waals surface area (Å²) < 4.78 is 33.2. The molecular weight excluding hydrogens is 548 g/mol. The number of carbonyl (C=O) groups is 1. The molecule has 0 unspecified atom stereocenters. The van der Waals surface area contributed by atoms with E-state index in [2.05, 4.69) is 30.7 Å². The van der Waals surface area contributed by atoms with Gasteiger partial charge in [-0.05, 0) is 61.4 Å². The Morgan fingerprint density at radius 1 is 0.683 bits per heavy atom. The van der Waals surface area contributed by atoms with Crippen molar-refractivity contribution < 1.29 is 22.9 Å². The molecule has 0 saturated heterocycles. The summed E-state index contributed by atoms with van der Waals surface area (Å²) in [7, 11) is -4.67. The predicted octanol–water partition coefficient (Wildman–Crippen LogP) is 7.66. The maximum atomic E-state index is 12.5. The number of benzene rings is 4. The molecule has 0 atom stereocenters. The van der Waals surface area contributed by atoms with Crippen molar-refractivity contribution in [3.63, 3.8) is 0 Å². The van der Waals surface area contributed by atoms with Gasteiger partial charge in [0.15, 0.2) is 0 Å². The fourth-order valence-corrected chi connectivity index (χ4v) is 4.35. The Labute approximate surface area is 234 Å². The first-order chi connectivity index (χ1) is 19.5. The van der Waals surface area contributed by atoms with Crippen molar-refractivity contribution in [1.82, 2.24) is 0 Å². The van der Waals surface area contributed by atoms with Gasteiger partial charge in [-0.3, -0.25) is 4.55 Å². The lowest BCUT2D eigenvalue weighted by Crippen LogP contribution is -2.04. The number of carboxylic acid groups (broad SMARTS) is 1. The number of hydrogen-bond acceptors (Lipinski definition) is 11. The van der Waals surface area contributed by atoms with E-state index in [1.807, 2.05) is 26.0 Å². The van der Waals surface area contributed by atoms with Gasteiger partial charge in [-0.25, -0.2) is 4.79 Å². The molecular formula is C27H24N8O5S. The minimum absolute atomic E-state index is 0.147. The van der Waals surface area contributed by atoms with Crippen LogP contribution in [0.2, 0.25) is 0 Å². The molecule has 0 aliphatic rings. The van der Waals surface area contributed by atoms with Crippen molar-refractivity contribution in [2.75, 3.05) is 11.5 Å². The number of azo groups is 3. The second-order valence-corrected chi connectivity index (χ2v) is 10.2. The highest BCUT2D eigenvalue weighted by atomic mass is 32.2. The number of nitrogen functional groups attached to an aromatic ring is 2. The summed E-state index contributed by atoms with van der Waals surface area (Å²) in [5, 5.41) is 34.5. The van der Waals surface area contributed by atoms with Crippen LogP contribution in [0.5, 0.6) is 0 Å². The van der Waals surface area contributed by atoms with Crippen LogP contribution >= 0.6 is 0 Å². The third kappa shape index (κ3) is 6.63. The molecule has 14 heteroatoms. The average Bonchev–Trinajstić information content (AvgIpc) is 2.91. The van der Waals surface area contributed by atoms with Crippen LogP contribution in [-0.2, 0) is 10.1 Å². The molecule has 0 aromatic heterocycles. The Kier molecular flexibility index (Phi) is 8.26. The van der Waals surface area contributed by atoms with Gasteiger partial charge in [-0.15, -0.1) is 20.5 Å². The van der Waals surface area contributed by atoms with E-state index in [-0.39, 0.29) is 28.4 Å². The predicted molar refractivity (Wildman–Crippen MR) is 153 cm³/mol. The first-order valence-corrected chi connectivity index (χ1v) is 13.3. The monoisotopic (exact) mass is 572 g/mol. The molecule has 0 aliphatic heterocycles. The van der Waals surface area contributed by atoms with Crippen LogP contribution in [0.25, 0.3) is 0 Å². The number of aromatic carboxylic acids is 1. The van der Waals surface area contributed by atoms with E-state index in [1.54, 1.807) is 36.4 Å². The first-order valence-electron chi connectivity index (χ1n) is 11.9. The Morgan fingerprint density at radius 2 is 1.17 bits per heavy atom. The van der Waals surface area contributed by atoms with E-state index in [9.17, 15) is 22.9 Å². The normalized spacial score (nSPS) is 12.1. The zero-order valence-corrected chi connectivity index (χ0v) is 22.6. The molecule has 4 rings (SSSR count). The molecule has 0 spiro atoms. The number of nitrogens with two attached hydrogens (primary N) is 2. The number of anilines is 2. The number of nitrogens with zero attached hydrogens (tertiary/aromatic N) is 6. The highest BCUT2D eigenvalue weighted by molar-refractivity contribution is 7.86. The number of aryl methyl sites for hydroxylation is 2. The minimum Gasteiger partial charge on any atom is -0.478 e. The second kappa shape index (κ2) is 11.8. The van der Waals surface area contributed by atoms with Crippen LogP contribution in [0.15, 0.2) is 108 Å². The summed E-state index contributed by atoms with van der Waals surface area (Å²) >= 11 is 0. The van der Waals surface area contributed by atoms with Crippen molar-refractivity contribution in [2.45, 2.75) is 18.7 Å². The number of rotatable bonds is 8. The van der Waals surface area contributed by atoms with Crippen molar-refractivity contribution in [3.05, 3.63) is 89.5 Å². The smallest absolute Gasteiger partial charge is 0.340 e. The molecule has 4 aromatic carbocycles. The zero-order chi connectivity index (χ0) is 29.7. The molecule has 13 nitrogen and oxygen atoms in total. The van der Waals surface area contributed by atoms with E-state index >= 15 is 0 Å². The van der Waals surface area contributed by atoms with Crippen molar-refractivity contribution >= 4 is 61.6 Å². The molecule has 0 heterocycles. The first kappa shape index (κ1) is 28.7. The number of hydrogen-bond donors (Lipinski definition) is 4. The lowest BCUT2D eigenvalue weighted by atomic mass is 10.1. The standard InChI is InChI=1S/C27H24N8O5S/c1-15-7-5-9-17(13-15)30-33-24-21(27(36)37)25(34-32-19-11-3-4-12-20(19)41(38,39)40)23(29)26(22(24)28)35-31-18-10-6-8-16(2)14-18/h3-14H,28-29H2,1-2H3,(H,36,37)(H,38,39,40). The van der Waals surface area contributed by atoms with E-state index < -0.39 is 32.2 Å². The summed E-state index contributed by atoms with van der Waals surface area (Å²) in [6, 6.07) is 19.3. The highest BCUT2D eigenvalue weighted by Crippen LogP contribution is 2.49. The van der Waals surface area contributed by atoms with Gasteiger partial charge in [-0.2, -0.15) is 18.6 Å². The molecule has 0 bridgehead atoms. The Hall–Kier alpha value is -5.34. The van der Waals surface area contributed by atoms with Gasteiger partial charge < -0.3 is 16.6 Å². The molecule has 0 aliphatic carbocycles. The van der Waals surface area contributed by atoms with Crippen LogP contribution in [0.3, 0.4) is 0 Å². The molecule has 0 saturated carbocycles. The fraction of sp³-hybridized carbons (Fsp3) is 0.0741. The van der Waals surface area contributed by atoms with Gasteiger partial charge in [-0.1, -0.05) is 36.4 Å². The fourth-order valence-electron chi connectivity index (χ4n) is 3.73. The van der Waals surface area contributed by atoms with Gasteiger partial charge in [0.1, 0.15) is 33.2 Å². The topological polar surface area (TPSA) is 218 Å². The summed E-state index contributed by atoms with van der Waals surface area (Å²) in [6.45, 7) is 3.72. The summed E-state index contributed by atoms with van der Waals surface area (Å²) in [4.78, 5) is 11.9. The van der Waals surface area contributed by atoms with Crippen LogP contribution < -0.4 is 11.5 Å². The van der Waals surface area contributed by atoms with Crippen LogP contribution in [0.1, 0.15) is 21.5 Å². The van der Waals surface area contributed by atoms with E-state index in [4.69, 9.17) is 11.5 Å². The van der Waals surface area contributed by atoms with Gasteiger partial charge in [0, 0.05) is 0 Å². The van der Waals surface area contributed by atoms with Crippen LogP contribution in [-0.4, -0.2) is 24.0 Å². The maximum Gasteiger partial charge on any atom is 0.340 e. The lowest BCUT2D eigenvalue weighted by Gasteiger charge is -2.13. The Morgan fingerprint density at radius 3 is 1.66 bits per heavy atom. The highest BCUT2D eigenvalue weighted by Gasteiger charge is 2.27. The van der Waals surface area contributed by atoms with E-state index in [1.165, 1.54) is 18.2 Å². The van der Waals surface area contributed by atoms with Crippen LogP contribution in [0.4, 0.5) is 45.5 Å². The molecule has 208 valence electrons. The average molecular weight is 573 g/mol. The molecule has 0 radical (unpaired) electrons. The third-order valence-electron chi connectivity index (χ3n) is 5.64. The van der Waals surface area contributed by atoms with E-state index in [0.717, 1.165) is 17.2 Å². The van der Waals surface area contributed by atoms with Gasteiger partial charge in [0.25, 0.3) is 10.1 Å². The molecule has 41 heavy (non-hydrogen) atoms. The molecule has 0 fully saturated rings. The van der Waals surface area contributed by atoms with Gasteiger partial charge in [0.2, 0.25) is 0 Å². The van der Waals surface area contributed by atoms with Crippen LogP contribution in [0, 0.1) is 13.8 Å². The molecule has 4 aromatic rings. The zero-order valence-electron chi connectivity index (χ0n) is 21.8. The quantitative estimate of drug-likeness (QED) is 0.0936. The van der Waals surface area contributed by atoms with E-state index in [0.29, 0.717) is 11.4 Å². The Bertz CT molecular complexity index is 1850.